The van der Waals surface area contributed by atoms with E-state index >= 15 is 0 Å². The lowest BCUT2D eigenvalue weighted by Crippen LogP contribution is -1.98. The van der Waals surface area contributed by atoms with Gasteiger partial charge in [0.2, 0.25) is 0 Å². The number of fused-ring (bicyclic) bond motifs is 3. The van der Waals surface area contributed by atoms with Crippen molar-refractivity contribution in [2.24, 2.45) is 0 Å². The Kier molecular flexibility index (Phi) is 8.36. The Balaban J connectivity index is 1.24. The monoisotopic (exact) mass is 719 g/mol. The summed E-state index contributed by atoms with van der Waals surface area (Å²) in [5, 5.41) is 2.56. The third kappa shape index (κ3) is 6.19. The van der Waals surface area contributed by atoms with Crippen LogP contribution in [0.25, 0.3) is 98.7 Å². The van der Waals surface area contributed by atoms with Gasteiger partial charge in [0.25, 0.3) is 0 Å². The fourth-order valence-corrected chi connectivity index (χ4v) is 8.80. The van der Waals surface area contributed by atoms with E-state index < -0.39 is 0 Å². The Morgan fingerprint density at radius 1 is 0.327 bits per heavy atom. The van der Waals surface area contributed by atoms with Gasteiger partial charge in [-0.3, -0.25) is 4.98 Å². The average molecular weight is 720 g/mol. The molecule has 10 rings (SSSR count). The summed E-state index contributed by atoms with van der Waals surface area (Å²) >= 11 is 1.85. The average Bonchev–Trinajstić information content (AvgIpc) is 3.66. The second kappa shape index (κ2) is 14.1. The van der Waals surface area contributed by atoms with Crippen molar-refractivity contribution in [3.63, 3.8) is 0 Å². The molecule has 10 aromatic rings. The molecule has 0 bridgehead atoms. The van der Waals surface area contributed by atoms with Gasteiger partial charge in [0.05, 0.1) is 17.1 Å². The van der Waals surface area contributed by atoms with E-state index in [1.54, 1.807) is 0 Å². The van der Waals surface area contributed by atoms with E-state index in [2.05, 4.69) is 158 Å². The summed E-state index contributed by atoms with van der Waals surface area (Å²) in [6.45, 7) is 0. The summed E-state index contributed by atoms with van der Waals surface area (Å²) in [5.74, 6) is 0.673. The molecule has 3 heterocycles. The van der Waals surface area contributed by atoms with Gasteiger partial charge < -0.3 is 0 Å². The van der Waals surface area contributed by atoms with Crippen LogP contribution in [0.1, 0.15) is 0 Å². The molecule has 0 aliphatic rings. The minimum Gasteiger partial charge on any atom is -0.256 e. The predicted molar refractivity (Wildman–Crippen MR) is 231 cm³/mol. The van der Waals surface area contributed by atoms with E-state index in [0.29, 0.717) is 5.82 Å². The van der Waals surface area contributed by atoms with Crippen molar-refractivity contribution in [3.05, 3.63) is 200 Å². The van der Waals surface area contributed by atoms with Crippen LogP contribution >= 0.6 is 11.3 Å². The molecule has 0 saturated heterocycles. The molecule has 7 aromatic carbocycles. The van der Waals surface area contributed by atoms with Crippen molar-refractivity contribution in [3.8, 4) is 78.5 Å². The summed E-state index contributed by atoms with van der Waals surface area (Å²) in [6.07, 6.45) is 1.84. The molecule has 55 heavy (non-hydrogen) atoms. The Bertz CT molecular complexity index is 2970. The second-order valence-electron chi connectivity index (χ2n) is 13.6. The first-order chi connectivity index (χ1) is 27.3. The smallest absolute Gasteiger partial charge is 0.160 e. The van der Waals surface area contributed by atoms with Crippen LogP contribution in [0.15, 0.2) is 200 Å². The summed E-state index contributed by atoms with van der Waals surface area (Å²) in [5.41, 5.74) is 13.6. The minimum absolute atomic E-state index is 0.673. The fourth-order valence-electron chi connectivity index (χ4n) is 7.57. The zero-order valence-electron chi connectivity index (χ0n) is 29.8. The lowest BCUT2D eigenvalue weighted by Gasteiger charge is -2.16. The van der Waals surface area contributed by atoms with Crippen LogP contribution < -0.4 is 0 Å². The lowest BCUT2D eigenvalue weighted by atomic mass is 9.90. The molecule has 0 fully saturated rings. The molecule has 0 N–H and O–H groups in total. The van der Waals surface area contributed by atoms with Gasteiger partial charge in [0.1, 0.15) is 0 Å². The molecule has 0 amide bonds. The maximum Gasteiger partial charge on any atom is 0.160 e. The molecule has 0 unspecified atom stereocenters. The molecule has 258 valence electrons. The lowest BCUT2D eigenvalue weighted by molar-refractivity contribution is 1.18. The Morgan fingerprint density at radius 3 is 1.62 bits per heavy atom. The zero-order valence-corrected chi connectivity index (χ0v) is 30.6. The molecular formula is C51H33N3S. The van der Waals surface area contributed by atoms with Crippen molar-refractivity contribution in [2.75, 3.05) is 0 Å². The van der Waals surface area contributed by atoms with Crippen molar-refractivity contribution < 1.29 is 0 Å². The van der Waals surface area contributed by atoms with E-state index in [1.165, 1.54) is 42.4 Å². The van der Waals surface area contributed by atoms with Crippen LogP contribution in [0.3, 0.4) is 0 Å². The second-order valence-corrected chi connectivity index (χ2v) is 14.6. The number of hydrogen-bond acceptors (Lipinski definition) is 4. The van der Waals surface area contributed by atoms with Crippen molar-refractivity contribution in [1.29, 1.82) is 0 Å². The van der Waals surface area contributed by atoms with Gasteiger partial charge in [-0.15, -0.1) is 11.3 Å². The van der Waals surface area contributed by atoms with Crippen LogP contribution in [0.5, 0.6) is 0 Å². The van der Waals surface area contributed by atoms with E-state index in [9.17, 15) is 0 Å². The van der Waals surface area contributed by atoms with Gasteiger partial charge in [-0.25, -0.2) is 9.97 Å². The molecule has 0 aliphatic heterocycles. The molecular weight excluding hydrogens is 687 g/mol. The third-order valence-corrected chi connectivity index (χ3v) is 11.4. The molecule has 4 heteroatoms. The SMILES string of the molecule is c1ccc(-c2nc(-c3cc(-c4ccccc4-c4ccccc4)cc(-c4cccc5c4sc4ccccc45)c3)cc(-c3ccccc3-c3ccccn3)n2)cc1. The first-order valence-corrected chi connectivity index (χ1v) is 19.2. The molecule has 0 saturated carbocycles. The number of benzene rings is 7. The molecule has 0 aliphatic carbocycles. The van der Waals surface area contributed by atoms with Crippen LogP contribution in [-0.4, -0.2) is 15.0 Å². The van der Waals surface area contributed by atoms with Crippen LogP contribution in [0.4, 0.5) is 0 Å². The zero-order chi connectivity index (χ0) is 36.6. The van der Waals surface area contributed by atoms with E-state index in [0.717, 1.165) is 50.5 Å². The highest BCUT2D eigenvalue weighted by Crippen LogP contribution is 2.43. The molecule has 0 atom stereocenters. The first-order valence-electron chi connectivity index (χ1n) is 18.4. The number of rotatable bonds is 7. The fraction of sp³-hybridized carbons (Fsp3) is 0. The third-order valence-electron chi connectivity index (χ3n) is 10.2. The van der Waals surface area contributed by atoms with E-state index in [1.807, 2.05) is 53.9 Å². The number of thiophene rings is 1. The largest absolute Gasteiger partial charge is 0.256 e. The molecule has 3 aromatic heterocycles. The van der Waals surface area contributed by atoms with Crippen LogP contribution in [0, 0.1) is 0 Å². The highest BCUT2D eigenvalue weighted by Gasteiger charge is 2.18. The predicted octanol–water partition coefficient (Wildman–Crippen LogP) is 13.9. The standard InChI is InChI=1S/C51H33N3S/c1-3-16-34(17-4-1)39-20-7-8-21-40(39)36-30-37(41-25-15-26-45-44-24-11-12-28-49(44)55-50(41)45)32-38(31-36)47-33-48(54-51(53-47)35-18-5-2-6-19-35)43-23-10-9-22-42(43)46-27-13-14-29-52-46/h1-33H. The number of aromatic nitrogens is 3. The van der Waals surface area contributed by atoms with Crippen molar-refractivity contribution >= 4 is 31.5 Å². The normalized spacial score (nSPS) is 11.3. The maximum absolute atomic E-state index is 5.32. The van der Waals surface area contributed by atoms with Gasteiger partial charge in [-0.1, -0.05) is 152 Å². The minimum atomic E-state index is 0.673. The number of pyridine rings is 1. The first kappa shape index (κ1) is 32.6. The maximum atomic E-state index is 5.32. The van der Waals surface area contributed by atoms with Gasteiger partial charge in [-0.2, -0.15) is 0 Å². The quantitative estimate of drug-likeness (QED) is 0.165. The summed E-state index contributed by atoms with van der Waals surface area (Å²) in [4.78, 5) is 15.3. The summed E-state index contributed by atoms with van der Waals surface area (Å²) in [6, 6.07) is 68.5. The highest BCUT2D eigenvalue weighted by atomic mass is 32.1. The van der Waals surface area contributed by atoms with E-state index in [4.69, 9.17) is 15.0 Å². The topological polar surface area (TPSA) is 38.7 Å². The molecule has 3 nitrogen and oxygen atoms in total. The Labute approximate surface area is 323 Å². The van der Waals surface area contributed by atoms with Gasteiger partial charge in [0, 0.05) is 48.6 Å². The van der Waals surface area contributed by atoms with Crippen molar-refractivity contribution in [2.45, 2.75) is 0 Å². The summed E-state index contributed by atoms with van der Waals surface area (Å²) in [7, 11) is 0. The van der Waals surface area contributed by atoms with E-state index in [-0.39, 0.29) is 0 Å². The Hall–Kier alpha value is -7.01. The van der Waals surface area contributed by atoms with Gasteiger partial charge >= 0.3 is 0 Å². The van der Waals surface area contributed by atoms with Crippen molar-refractivity contribution in [1.82, 2.24) is 15.0 Å². The Morgan fingerprint density at radius 2 is 0.873 bits per heavy atom. The highest BCUT2D eigenvalue weighted by molar-refractivity contribution is 7.26. The van der Waals surface area contributed by atoms with Crippen LogP contribution in [0.2, 0.25) is 0 Å². The van der Waals surface area contributed by atoms with Gasteiger partial charge in [0.15, 0.2) is 5.82 Å². The van der Waals surface area contributed by atoms with Crippen LogP contribution in [-0.2, 0) is 0 Å². The summed E-state index contributed by atoms with van der Waals surface area (Å²) < 4.78 is 2.57. The van der Waals surface area contributed by atoms with Gasteiger partial charge in [-0.05, 0) is 75.8 Å². The number of hydrogen-bond donors (Lipinski definition) is 0. The molecule has 0 spiro atoms. The molecule has 0 radical (unpaired) electrons. The number of nitrogens with zero attached hydrogens (tertiary/aromatic N) is 3.